The number of aromatic nitrogens is 1. The molecular formula is C48H29NO2. The van der Waals surface area contributed by atoms with Gasteiger partial charge < -0.3 is 13.4 Å². The van der Waals surface area contributed by atoms with Gasteiger partial charge in [0.2, 0.25) is 0 Å². The van der Waals surface area contributed by atoms with E-state index in [4.69, 9.17) is 8.83 Å². The molecule has 3 nitrogen and oxygen atoms in total. The van der Waals surface area contributed by atoms with Crippen LogP contribution in [0.1, 0.15) is 0 Å². The first-order chi connectivity index (χ1) is 25.2. The van der Waals surface area contributed by atoms with Crippen molar-refractivity contribution in [2.45, 2.75) is 0 Å². The normalized spacial score (nSPS) is 11.9. The first-order valence-corrected chi connectivity index (χ1v) is 17.3. The highest BCUT2D eigenvalue weighted by Gasteiger charge is 2.15. The number of hydrogen-bond acceptors (Lipinski definition) is 2. The van der Waals surface area contributed by atoms with Gasteiger partial charge in [0.05, 0.1) is 11.0 Å². The molecule has 238 valence electrons. The van der Waals surface area contributed by atoms with E-state index in [2.05, 4.69) is 156 Å². The number of para-hydroxylation sites is 4. The van der Waals surface area contributed by atoms with Crippen LogP contribution in [0.2, 0.25) is 0 Å². The third kappa shape index (κ3) is 4.38. The van der Waals surface area contributed by atoms with Crippen molar-refractivity contribution in [1.82, 2.24) is 4.57 Å². The van der Waals surface area contributed by atoms with Gasteiger partial charge in [0.1, 0.15) is 22.3 Å². The molecule has 11 aromatic rings. The average Bonchev–Trinajstić information content (AvgIpc) is 3.87. The molecule has 0 radical (unpaired) electrons. The number of nitrogens with zero attached hydrogens (tertiary/aromatic N) is 1. The summed E-state index contributed by atoms with van der Waals surface area (Å²) in [4.78, 5) is 0. The van der Waals surface area contributed by atoms with Crippen molar-refractivity contribution in [3.05, 3.63) is 176 Å². The maximum atomic E-state index is 6.18. The van der Waals surface area contributed by atoms with E-state index in [-0.39, 0.29) is 0 Å². The Hall–Kier alpha value is -6.84. The predicted octanol–water partition coefficient (Wildman–Crippen LogP) is 13.6. The van der Waals surface area contributed by atoms with Gasteiger partial charge >= 0.3 is 0 Å². The molecular weight excluding hydrogens is 623 g/mol. The van der Waals surface area contributed by atoms with Gasteiger partial charge in [-0.25, -0.2) is 0 Å². The first kappa shape index (κ1) is 28.0. The van der Waals surface area contributed by atoms with Gasteiger partial charge in [0, 0.05) is 38.0 Å². The zero-order chi connectivity index (χ0) is 33.5. The van der Waals surface area contributed by atoms with Crippen LogP contribution in [0.25, 0.3) is 105 Å². The predicted molar refractivity (Wildman–Crippen MR) is 212 cm³/mol. The third-order valence-electron chi connectivity index (χ3n) is 10.4. The van der Waals surface area contributed by atoms with Crippen molar-refractivity contribution in [1.29, 1.82) is 0 Å². The average molecular weight is 652 g/mol. The van der Waals surface area contributed by atoms with Crippen molar-refractivity contribution < 1.29 is 8.83 Å². The molecule has 0 N–H and O–H groups in total. The second kappa shape index (κ2) is 10.8. The smallest absolute Gasteiger partial charge is 0.135 e. The second-order valence-corrected chi connectivity index (χ2v) is 13.3. The Morgan fingerprint density at radius 2 is 0.667 bits per heavy atom. The molecule has 0 aliphatic heterocycles. The maximum absolute atomic E-state index is 6.18. The minimum Gasteiger partial charge on any atom is -0.456 e. The fourth-order valence-electron chi connectivity index (χ4n) is 7.94. The summed E-state index contributed by atoms with van der Waals surface area (Å²) in [5.41, 5.74) is 14.1. The van der Waals surface area contributed by atoms with Gasteiger partial charge in [0.25, 0.3) is 0 Å². The van der Waals surface area contributed by atoms with Gasteiger partial charge in [-0.2, -0.15) is 0 Å². The largest absolute Gasteiger partial charge is 0.456 e. The fourth-order valence-corrected chi connectivity index (χ4v) is 7.94. The highest BCUT2D eigenvalue weighted by atomic mass is 16.3. The molecule has 0 bridgehead atoms. The Labute approximate surface area is 293 Å². The van der Waals surface area contributed by atoms with Gasteiger partial charge in [-0.3, -0.25) is 0 Å². The van der Waals surface area contributed by atoms with E-state index in [1.807, 2.05) is 24.3 Å². The molecule has 0 saturated heterocycles. The molecule has 3 heteroatoms. The Balaban J connectivity index is 1.09. The minimum atomic E-state index is 0.897. The number of furan rings is 2. The lowest BCUT2D eigenvalue weighted by Crippen LogP contribution is -1.93. The Kier molecular flexibility index (Phi) is 5.96. The Morgan fingerprint density at radius 1 is 0.275 bits per heavy atom. The Morgan fingerprint density at radius 3 is 1.18 bits per heavy atom. The van der Waals surface area contributed by atoms with Gasteiger partial charge in [-0.05, 0) is 112 Å². The highest BCUT2D eigenvalue weighted by Crippen LogP contribution is 2.39. The molecule has 0 spiro atoms. The molecule has 0 saturated carbocycles. The van der Waals surface area contributed by atoms with Crippen LogP contribution in [-0.2, 0) is 0 Å². The summed E-state index contributed by atoms with van der Waals surface area (Å²) in [6.07, 6.45) is 0. The van der Waals surface area contributed by atoms with Crippen molar-refractivity contribution in [2.75, 3.05) is 0 Å². The van der Waals surface area contributed by atoms with Crippen molar-refractivity contribution >= 4 is 65.7 Å². The van der Waals surface area contributed by atoms with Crippen LogP contribution in [0, 0.1) is 0 Å². The number of benzene rings is 8. The second-order valence-electron chi connectivity index (χ2n) is 13.3. The van der Waals surface area contributed by atoms with E-state index >= 15 is 0 Å². The summed E-state index contributed by atoms with van der Waals surface area (Å²) >= 11 is 0. The monoisotopic (exact) mass is 651 g/mol. The fraction of sp³-hybridized carbons (Fsp3) is 0. The summed E-state index contributed by atoms with van der Waals surface area (Å²) in [5.74, 6) is 0. The van der Waals surface area contributed by atoms with Gasteiger partial charge in [-0.1, -0.05) is 97.1 Å². The Bertz CT molecular complexity index is 2950. The van der Waals surface area contributed by atoms with E-state index in [0.717, 1.165) is 82.9 Å². The maximum Gasteiger partial charge on any atom is 0.135 e. The summed E-state index contributed by atoms with van der Waals surface area (Å²) in [7, 11) is 0. The van der Waals surface area contributed by atoms with Crippen LogP contribution in [0.5, 0.6) is 0 Å². The van der Waals surface area contributed by atoms with E-state index in [9.17, 15) is 0 Å². The van der Waals surface area contributed by atoms with Crippen molar-refractivity contribution in [3.63, 3.8) is 0 Å². The molecule has 8 aromatic carbocycles. The van der Waals surface area contributed by atoms with Crippen LogP contribution in [0.3, 0.4) is 0 Å². The molecule has 11 rings (SSSR count). The van der Waals surface area contributed by atoms with Crippen LogP contribution in [0.15, 0.2) is 185 Å². The topological polar surface area (TPSA) is 31.2 Å². The third-order valence-corrected chi connectivity index (χ3v) is 10.4. The zero-order valence-electron chi connectivity index (χ0n) is 27.5. The molecule has 51 heavy (non-hydrogen) atoms. The lowest BCUT2D eigenvalue weighted by molar-refractivity contribution is 0.668. The van der Waals surface area contributed by atoms with E-state index in [1.165, 1.54) is 21.8 Å². The standard InChI is InChI=1S/C48H29NO2/c1-5-13-43-37(9-1)38-10-2-6-14-44(38)49(43)36-21-17-30(18-22-36)33-25-34(31-19-23-47-41(28-31)39-11-3-7-15-45(39)50-47)27-35(26-33)32-20-24-48-42(29-32)40-12-4-8-16-46(40)51-48/h1-29H. The van der Waals surface area contributed by atoms with Crippen molar-refractivity contribution in [3.8, 4) is 39.1 Å². The quantitative estimate of drug-likeness (QED) is 0.190. The van der Waals surface area contributed by atoms with Crippen LogP contribution >= 0.6 is 0 Å². The van der Waals surface area contributed by atoms with Crippen LogP contribution in [0.4, 0.5) is 0 Å². The minimum absolute atomic E-state index is 0.897. The molecule has 0 aliphatic carbocycles. The molecule has 0 aliphatic rings. The number of hydrogen-bond donors (Lipinski definition) is 0. The van der Waals surface area contributed by atoms with E-state index in [1.54, 1.807) is 0 Å². The van der Waals surface area contributed by atoms with Crippen molar-refractivity contribution in [2.24, 2.45) is 0 Å². The summed E-state index contributed by atoms with van der Waals surface area (Å²) in [5, 5.41) is 7.03. The molecule has 3 aromatic heterocycles. The lowest BCUT2D eigenvalue weighted by Gasteiger charge is -2.13. The molecule has 0 fully saturated rings. The van der Waals surface area contributed by atoms with E-state index in [0.29, 0.717) is 0 Å². The van der Waals surface area contributed by atoms with Gasteiger partial charge in [0.15, 0.2) is 0 Å². The van der Waals surface area contributed by atoms with Crippen LogP contribution < -0.4 is 0 Å². The summed E-state index contributed by atoms with van der Waals surface area (Å²) in [6, 6.07) is 62.8. The summed E-state index contributed by atoms with van der Waals surface area (Å²) < 4.78 is 14.7. The molecule has 0 amide bonds. The van der Waals surface area contributed by atoms with E-state index < -0.39 is 0 Å². The van der Waals surface area contributed by atoms with Crippen LogP contribution in [-0.4, -0.2) is 4.57 Å². The zero-order valence-corrected chi connectivity index (χ0v) is 27.5. The molecule has 3 heterocycles. The first-order valence-electron chi connectivity index (χ1n) is 17.3. The molecule has 0 unspecified atom stereocenters. The highest BCUT2D eigenvalue weighted by molar-refractivity contribution is 6.10. The lowest BCUT2D eigenvalue weighted by atomic mass is 9.92. The number of rotatable bonds is 4. The molecule has 0 atom stereocenters. The SMILES string of the molecule is c1ccc2c(c1)oc1ccc(-c3cc(-c4ccc(-n5c6ccccc6c6ccccc65)cc4)cc(-c4ccc5oc6ccccc6c5c4)c3)cc12. The van der Waals surface area contributed by atoms with Gasteiger partial charge in [-0.15, -0.1) is 0 Å². The number of fused-ring (bicyclic) bond motifs is 9. The summed E-state index contributed by atoms with van der Waals surface area (Å²) in [6.45, 7) is 0.